The number of hydrogen-bond donors (Lipinski definition) is 3. The number of unbranched alkanes of at least 4 members (excludes halogenated alkanes) is 6. The SMILES string of the molecule is CCCCCCCCCN=C(N)NC(=NC)NCc1ccccc1. The predicted octanol–water partition coefficient (Wildman–Crippen LogP) is 3.42. The smallest absolute Gasteiger partial charge is 0.198 e. The lowest BCUT2D eigenvalue weighted by molar-refractivity contribution is 0.593. The van der Waals surface area contributed by atoms with Crippen molar-refractivity contribution < 1.29 is 0 Å². The average Bonchev–Trinajstić information content (AvgIpc) is 2.61. The van der Waals surface area contributed by atoms with Crippen LogP contribution in [0.15, 0.2) is 40.3 Å². The van der Waals surface area contributed by atoms with Crippen LogP contribution < -0.4 is 16.4 Å². The van der Waals surface area contributed by atoms with Gasteiger partial charge in [0.25, 0.3) is 0 Å². The Balaban J connectivity index is 2.17. The Bertz CT molecular complexity index is 482. The molecule has 24 heavy (non-hydrogen) atoms. The van der Waals surface area contributed by atoms with Crippen molar-refractivity contribution in [2.75, 3.05) is 13.6 Å². The lowest BCUT2D eigenvalue weighted by atomic mass is 10.1. The molecule has 5 heteroatoms. The number of aliphatic imine (C=N–C) groups is 2. The van der Waals surface area contributed by atoms with E-state index in [0.29, 0.717) is 18.5 Å². The molecule has 0 unspecified atom stereocenters. The van der Waals surface area contributed by atoms with Crippen molar-refractivity contribution in [2.45, 2.75) is 58.4 Å². The Morgan fingerprint density at radius 2 is 1.67 bits per heavy atom. The van der Waals surface area contributed by atoms with E-state index in [1.54, 1.807) is 7.05 Å². The summed E-state index contributed by atoms with van der Waals surface area (Å²) >= 11 is 0. The van der Waals surface area contributed by atoms with Crippen molar-refractivity contribution >= 4 is 11.9 Å². The second-order valence-electron chi connectivity index (χ2n) is 5.92. The lowest BCUT2D eigenvalue weighted by Crippen LogP contribution is -2.44. The monoisotopic (exact) mass is 331 g/mol. The molecule has 1 aromatic rings. The molecule has 0 spiro atoms. The Morgan fingerprint density at radius 3 is 2.33 bits per heavy atom. The maximum absolute atomic E-state index is 5.92. The van der Waals surface area contributed by atoms with Gasteiger partial charge in [0.1, 0.15) is 0 Å². The minimum atomic E-state index is 0.419. The first-order valence-corrected chi connectivity index (χ1v) is 9.07. The van der Waals surface area contributed by atoms with Crippen molar-refractivity contribution in [2.24, 2.45) is 15.7 Å². The van der Waals surface area contributed by atoms with E-state index in [1.807, 2.05) is 18.2 Å². The van der Waals surface area contributed by atoms with E-state index in [4.69, 9.17) is 5.73 Å². The molecule has 0 heterocycles. The van der Waals surface area contributed by atoms with Crippen LogP contribution in [-0.4, -0.2) is 25.5 Å². The van der Waals surface area contributed by atoms with Gasteiger partial charge in [-0.25, -0.2) is 0 Å². The fraction of sp³-hybridized carbons (Fsp3) is 0.579. The Labute approximate surface area is 146 Å². The van der Waals surface area contributed by atoms with Gasteiger partial charge in [-0.3, -0.25) is 15.3 Å². The zero-order valence-corrected chi connectivity index (χ0v) is 15.2. The summed E-state index contributed by atoms with van der Waals surface area (Å²) in [6.45, 7) is 3.71. The first-order chi connectivity index (χ1) is 11.8. The molecule has 5 nitrogen and oxygen atoms in total. The van der Waals surface area contributed by atoms with Crippen molar-refractivity contribution in [3.8, 4) is 0 Å². The van der Waals surface area contributed by atoms with Gasteiger partial charge in [0.15, 0.2) is 11.9 Å². The Hall–Kier alpha value is -2.04. The largest absolute Gasteiger partial charge is 0.370 e. The topological polar surface area (TPSA) is 74.8 Å². The molecule has 0 fully saturated rings. The van der Waals surface area contributed by atoms with Crippen molar-refractivity contribution in [1.82, 2.24) is 10.6 Å². The fourth-order valence-electron chi connectivity index (χ4n) is 2.39. The number of hydrogen-bond acceptors (Lipinski definition) is 2. The number of rotatable bonds is 10. The van der Waals surface area contributed by atoms with Gasteiger partial charge in [-0.1, -0.05) is 75.8 Å². The molecule has 0 radical (unpaired) electrons. The van der Waals surface area contributed by atoms with Crippen LogP contribution in [0.25, 0.3) is 0 Å². The Kier molecular flexibility index (Phi) is 11.2. The van der Waals surface area contributed by atoms with Crippen LogP contribution in [0.3, 0.4) is 0 Å². The Morgan fingerprint density at radius 1 is 1.00 bits per heavy atom. The lowest BCUT2D eigenvalue weighted by Gasteiger charge is -2.11. The second-order valence-corrected chi connectivity index (χ2v) is 5.92. The van der Waals surface area contributed by atoms with E-state index in [2.05, 4.69) is 39.7 Å². The number of nitrogens with zero attached hydrogens (tertiary/aromatic N) is 2. The van der Waals surface area contributed by atoms with Crippen LogP contribution in [0.2, 0.25) is 0 Å². The second kappa shape index (κ2) is 13.4. The van der Waals surface area contributed by atoms with Gasteiger partial charge in [0, 0.05) is 20.1 Å². The average molecular weight is 332 g/mol. The van der Waals surface area contributed by atoms with E-state index in [0.717, 1.165) is 13.0 Å². The van der Waals surface area contributed by atoms with Crippen LogP contribution in [0.5, 0.6) is 0 Å². The highest BCUT2D eigenvalue weighted by Gasteiger charge is 2.00. The zero-order chi connectivity index (χ0) is 17.5. The van der Waals surface area contributed by atoms with Gasteiger partial charge in [0.2, 0.25) is 0 Å². The van der Waals surface area contributed by atoms with Crippen LogP contribution in [0.1, 0.15) is 57.4 Å². The van der Waals surface area contributed by atoms with E-state index in [9.17, 15) is 0 Å². The van der Waals surface area contributed by atoms with Crippen LogP contribution in [-0.2, 0) is 6.54 Å². The van der Waals surface area contributed by atoms with Crippen molar-refractivity contribution in [3.63, 3.8) is 0 Å². The minimum absolute atomic E-state index is 0.419. The number of nitrogens with two attached hydrogens (primary N) is 1. The predicted molar refractivity (Wildman–Crippen MR) is 104 cm³/mol. The molecule has 4 N–H and O–H groups in total. The first-order valence-electron chi connectivity index (χ1n) is 9.07. The van der Waals surface area contributed by atoms with Gasteiger partial charge in [-0.15, -0.1) is 0 Å². The molecular formula is C19H33N5. The third kappa shape index (κ3) is 9.87. The van der Waals surface area contributed by atoms with E-state index in [-0.39, 0.29) is 0 Å². The van der Waals surface area contributed by atoms with E-state index in [1.165, 1.54) is 44.1 Å². The summed E-state index contributed by atoms with van der Waals surface area (Å²) in [7, 11) is 1.73. The van der Waals surface area contributed by atoms with Gasteiger partial charge in [-0.05, 0) is 12.0 Å². The van der Waals surface area contributed by atoms with Gasteiger partial charge >= 0.3 is 0 Å². The highest BCUT2D eigenvalue weighted by molar-refractivity contribution is 5.97. The summed E-state index contributed by atoms with van der Waals surface area (Å²) < 4.78 is 0. The molecule has 0 saturated heterocycles. The van der Waals surface area contributed by atoms with E-state index >= 15 is 0 Å². The maximum Gasteiger partial charge on any atom is 0.198 e. The molecular weight excluding hydrogens is 298 g/mol. The maximum atomic E-state index is 5.92. The third-order valence-electron chi connectivity index (χ3n) is 3.82. The summed E-state index contributed by atoms with van der Waals surface area (Å²) in [4.78, 5) is 8.53. The summed E-state index contributed by atoms with van der Waals surface area (Å²) in [6.07, 6.45) is 8.94. The molecule has 0 amide bonds. The highest BCUT2D eigenvalue weighted by atomic mass is 15.2. The molecule has 0 aromatic heterocycles. The first kappa shape index (κ1) is 20.0. The highest BCUT2D eigenvalue weighted by Crippen LogP contribution is 2.06. The van der Waals surface area contributed by atoms with Gasteiger partial charge < -0.3 is 11.1 Å². The van der Waals surface area contributed by atoms with Crippen LogP contribution >= 0.6 is 0 Å². The molecule has 0 atom stereocenters. The summed E-state index contributed by atoms with van der Waals surface area (Å²) in [5, 5.41) is 6.25. The molecule has 134 valence electrons. The number of benzene rings is 1. The van der Waals surface area contributed by atoms with Gasteiger partial charge in [0.05, 0.1) is 0 Å². The number of nitrogens with one attached hydrogen (secondary N) is 2. The third-order valence-corrected chi connectivity index (χ3v) is 3.82. The van der Waals surface area contributed by atoms with E-state index < -0.39 is 0 Å². The summed E-state index contributed by atoms with van der Waals surface area (Å²) in [5.41, 5.74) is 7.11. The van der Waals surface area contributed by atoms with Crippen molar-refractivity contribution in [3.05, 3.63) is 35.9 Å². The number of guanidine groups is 2. The normalized spacial score (nSPS) is 12.2. The fourth-order valence-corrected chi connectivity index (χ4v) is 2.39. The summed E-state index contributed by atoms with van der Waals surface area (Å²) in [5.74, 6) is 1.06. The molecule has 0 aliphatic heterocycles. The standard InChI is InChI=1S/C19H33N5/c1-3-4-5-6-7-8-12-15-22-18(20)24-19(21-2)23-16-17-13-10-9-11-14-17/h9-11,13-14H,3-8,12,15-16H2,1-2H3,(H4,20,21,22,23,24). The molecule has 0 aliphatic rings. The molecule has 0 saturated carbocycles. The molecule has 0 bridgehead atoms. The van der Waals surface area contributed by atoms with Crippen LogP contribution in [0.4, 0.5) is 0 Å². The van der Waals surface area contributed by atoms with Crippen molar-refractivity contribution in [1.29, 1.82) is 0 Å². The zero-order valence-electron chi connectivity index (χ0n) is 15.2. The molecule has 1 rings (SSSR count). The van der Waals surface area contributed by atoms with Gasteiger partial charge in [-0.2, -0.15) is 0 Å². The minimum Gasteiger partial charge on any atom is -0.370 e. The van der Waals surface area contributed by atoms with Crippen LogP contribution in [0, 0.1) is 0 Å². The summed E-state index contributed by atoms with van der Waals surface area (Å²) in [6, 6.07) is 10.2. The quantitative estimate of drug-likeness (QED) is 0.349. The molecule has 0 aliphatic carbocycles. The molecule has 1 aromatic carbocycles.